The Labute approximate surface area is 153 Å². The first-order chi connectivity index (χ1) is 12.8. The number of benzene rings is 3. The van der Waals surface area contributed by atoms with Crippen molar-refractivity contribution in [2.75, 3.05) is 20.3 Å². The maximum atomic E-state index is 6.01. The van der Waals surface area contributed by atoms with Gasteiger partial charge in [-0.05, 0) is 40.1 Å². The zero-order valence-electron chi connectivity index (χ0n) is 15.0. The molecule has 132 valence electrons. The molecule has 0 atom stereocenters. The van der Waals surface area contributed by atoms with Crippen molar-refractivity contribution in [1.82, 2.24) is 0 Å². The van der Waals surface area contributed by atoms with E-state index in [1.807, 2.05) is 12.1 Å². The summed E-state index contributed by atoms with van der Waals surface area (Å²) in [7, 11) is 1.74. The second-order valence-corrected chi connectivity index (χ2v) is 7.09. The van der Waals surface area contributed by atoms with E-state index in [0.29, 0.717) is 13.2 Å². The van der Waals surface area contributed by atoms with Gasteiger partial charge in [-0.3, -0.25) is 0 Å². The number of methoxy groups -OCH3 is 1. The van der Waals surface area contributed by atoms with Gasteiger partial charge in [0, 0.05) is 18.2 Å². The van der Waals surface area contributed by atoms with Gasteiger partial charge in [0.05, 0.1) is 20.3 Å². The first-order valence-electron chi connectivity index (χ1n) is 9.24. The van der Waals surface area contributed by atoms with E-state index >= 15 is 0 Å². The maximum absolute atomic E-state index is 6.01. The van der Waals surface area contributed by atoms with E-state index in [9.17, 15) is 0 Å². The van der Waals surface area contributed by atoms with Crippen LogP contribution >= 0.6 is 0 Å². The molecule has 26 heavy (non-hydrogen) atoms. The van der Waals surface area contributed by atoms with Gasteiger partial charge in [0.1, 0.15) is 5.75 Å². The topological polar surface area (TPSA) is 27.7 Å². The van der Waals surface area contributed by atoms with Gasteiger partial charge < -0.3 is 14.2 Å². The number of aryl methyl sites for hydroxylation is 1. The van der Waals surface area contributed by atoms with Crippen molar-refractivity contribution in [1.29, 1.82) is 0 Å². The van der Waals surface area contributed by atoms with Crippen LogP contribution in [0.15, 0.2) is 54.6 Å². The summed E-state index contributed by atoms with van der Waals surface area (Å²) in [4.78, 5) is 0. The predicted molar refractivity (Wildman–Crippen MR) is 103 cm³/mol. The molecule has 0 saturated carbocycles. The first-order valence-corrected chi connectivity index (χ1v) is 9.24. The summed E-state index contributed by atoms with van der Waals surface area (Å²) in [5, 5.41) is 2.36. The summed E-state index contributed by atoms with van der Waals surface area (Å²) in [6.07, 6.45) is 2.73. The summed E-state index contributed by atoms with van der Waals surface area (Å²) in [5.74, 6) is 0.479. The molecule has 3 aromatic rings. The highest BCUT2D eigenvalue weighted by Crippen LogP contribution is 2.42. The molecular weight excluding hydrogens is 324 g/mol. The van der Waals surface area contributed by atoms with Gasteiger partial charge in [0.15, 0.2) is 5.79 Å². The fourth-order valence-corrected chi connectivity index (χ4v) is 4.46. The van der Waals surface area contributed by atoms with E-state index in [1.165, 1.54) is 33.0 Å². The fraction of sp³-hybridized carbons (Fsp3) is 0.304. The lowest BCUT2D eigenvalue weighted by atomic mass is 9.82. The second-order valence-electron chi connectivity index (χ2n) is 7.09. The lowest BCUT2D eigenvalue weighted by Gasteiger charge is -2.34. The van der Waals surface area contributed by atoms with Crippen LogP contribution in [0.3, 0.4) is 0 Å². The zero-order valence-corrected chi connectivity index (χ0v) is 15.0. The van der Waals surface area contributed by atoms with Crippen molar-refractivity contribution in [3.05, 3.63) is 65.7 Å². The van der Waals surface area contributed by atoms with E-state index < -0.39 is 5.79 Å². The van der Waals surface area contributed by atoms with E-state index in [1.54, 1.807) is 7.11 Å². The molecule has 0 radical (unpaired) electrons. The molecule has 1 heterocycles. The Balaban J connectivity index is 1.72. The number of rotatable bonds is 2. The second kappa shape index (κ2) is 6.11. The van der Waals surface area contributed by atoms with Crippen LogP contribution in [-0.2, 0) is 22.3 Å². The van der Waals surface area contributed by atoms with Crippen LogP contribution in [-0.4, -0.2) is 26.1 Å². The molecule has 3 aromatic carbocycles. The number of fused-ring (bicyclic) bond motifs is 2. The highest BCUT2D eigenvalue weighted by molar-refractivity contribution is 6.01. The largest absolute Gasteiger partial charge is 0.496 e. The molecule has 1 fully saturated rings. The fourth-order valence-electron chi connectivity index (χ4n) is 4.46. The smallest absolute Gasteiger partial charge is 0.172 e. The van der Waals surface area contributed by atoms with Gasteiger partial charge in [-0.2, -0.15) is 0 Å². The van der Waals surface area contributed by atoms with Crippen molar-refractivity contribution in [3.8, 4) is 16.9 Å². The van der Waals surface area contributed by atoms with Gasteiger partial charge in [-0.25, -0.2) is 0 Å². The quantitative estimate of drug-likeness (QED) is 0.670. The Hall–Kier alpha value is -2.36. The van der Waals surface area contributed by atoms with Crippen molar-refractivity contribution in [2.45, 2.75) is 25.0 Å². The molecular formula is C23H22O3. The van der Waals surface area contributed by atoms with Crippen LogP contribution in [0.25, 0.3) is 21.9 Å². The molecule has 1 aliphatic heterocycles. The van der Waals surface area contributed by atoms with Crippen LogP contribution in [0.4, 0.5) is 0 Å². The summed E-state index contributed by atoms with van der Waals surface area (Å²) in [6.45, 7) is 1.39. The Bertz CT molecular complexity index is 965. The van der Waals surface area contributed by atoms with Gasteiger partial charge in [0.2, 0.25) is 0 Å². The van der Waals surface area contributed by atoms with E-state index in [0.717, 1.165) is 25.0 Å². The van der Waals surface area contributed by atoms with Crippen molar-refractivity contribution in [3.63, 3.8) is 0 Å². The third-order valence-corrected chi connectivity index (χ3v) is 5.68. The molecule has 1 saturated heterocycles. The highest BCUT2D eigenvalue weighted by Gasteiger charge is 2.40. The number of hydrogen-bond donors (Lipinski definition) is 0. The minimum absolute atomic E-state index is 0.433. The molecule has 2 aliphatic rings. The predicted octanol–water partition coefficient (Wildman–Crippen LogP) is 4.75. The summed E-state index contributed by atoms with van der Waals surface area (Å²) in [5.41, 5.74) is 5.22. The van der Waals surface area contributed by atoms with Gasteiger partial charge in [-0.1, -0.05) is 48.5 Å². The third-order valence-electron chi connectivity index (χ3n) is 5.68. The third kappa shape index (κ3) is 2.43. The Morgan fingerprint density at radius 1 is 0.885 bits per heavy atom. The number of ether oxygens (including phenoxy) is 3. The molecule has 1 aliphatic carbocycles. The standard InChI is InChI=1S/C23H22O3/c1-24-21-10-4-7-17-6-3-9-19(22(17)21)18-8-2-5-16-11-12-23(15-20(16)18)25-13-14-26-23/h2-10H,11-15H2,1H3. The van der Waals surface area contributed by atoms with Gasteiger partial charge in [-0.15, -0.1) is 0 Å². The van der Waals surface area contributed by atoms with Crippen LogP contribution in [0.1, 0.15) is 17.5 Å². The summed E-state index contributed by atoms with van der Waals surface area (Å²) in [6, 6.07) is 19.3. The average molecular weight is 346 g/mol. The monoisotopic (exact) mass is 346 g/mol. The van der Waals surface area contributed by atoms with Crippen molar-refractivity contribution >= 4 is 10.8 Å². The van der Waals surface area contributed by atoms with E-state index in [2.05, 4.69) is 42.5 Å². The van der Waals surface area contributed by atoms with Crippen LogP contribution in [0, 0.1) is 0 Å². The molecule has 1 spiro atoms. The summed E-state index contributed by atoms with van der Waals surface area (Å²) >= 11 is 0. The lowest BCUT2D eigenvalue weighted by Crippen LogP contribution is -2.37. The van der Waals surface area contributed by atoms with Gasteiger partial charge in [0.25, 0.3) is 0 Å². The maximum Gasteiger partial charge on any atom is 0.172 e. The molecule has 0 bridgehead atoms. The summed E-state index contributed by atoms with van der Waals surface area (Å²) < 4.78 is 17.7. The Kier molecular flexibility index (Phi) is 3.73. The first kappa shape index (κ1) is 15.9. The molecule has 0 aromatic heterocycles. The minimum atomic E-state index is -0.433. The zero-order chi connectivity index (χ0) is 17.6. The minimum Gasteiger partial charge on any atom is -0.496 e. The lowest BCUT2D eigenvalue weighted by molar-refractivity contribution is -0.163. The SMILES string of the molecule is COc1cccc2cccc(-c3cccc4c3CC3(CC4)OCCO3)c12. The van der Waals surface area contributed by atoms with E-state index in [-0.39, 0.29) is 0 Å². The normalized spacial score (nSPS) is 18.2. The van der Waals surface area contributed by atoms with Crippen LogP contribution in [0.2, 0.25) is 0 Å². The molecule has 0 unspecified atom stereocenters. The van der Waals surface area contributed by atoms with E-state index in [4.69, 9.17) is 14.2 Å². The Morgan fingerprint density at radius 2 is 1.62 bits per heavy atom. The Morgan fingerprint density at radius 3 is 2.42 bits per heavy atom. The molecule has 3 heteroatoms. The van der Waals surface area contributed by atoms with Crippen molar-refractivity contribution < 1.29 is 14.2 Å². The van der Waals surface area contributed by atoms with Gasteiger partial charge >= 0.3 is 0 Å². The van der Waals surface area contributed by atoms with Crippen molar-refractivity contribution in [2.24, 2.45) is 0 Å². The molecule has 3 nitrogen and oxygen atoms in total. The molecule has 5 rings (SSSR count). The molecule has 0 N–H and O–H groups in total. The highest BCUT2D eigenvalue weighted by atomic mass is 16.7. The van der Waals surface area contributed by atoms with Crippen LogP contribution < -0.4 is 4.74 Å². The molecule has 0 amide bonds. The number of hydrogen-bond acceptors (Lipinski definition) is 3. The van der Waals surface area contributed by atoms with Crippen LogP contribution in [0.5, 0.6) is 5.75 Å². The average Bonchev–Trinajstić information content (AvgIpc) is 3.14.